The molecule has 0 aliphatic heterocycles. The van der Waals surface area contributed by atoms with E-state index in [1.807, 2.05) is 0 Å². The molecule has 3 heteroatoms. The SMILES string of the molecule is [CH2]CCOC(=O)c1ccccn1. The Morgan fingerprint density at radius 3 is 3.00 bits per heavy atom. The average molecular weight is 164 g/mol. The zero-order valence-corrected chi connectivity index (χ0v) is 6.69. The third kappa shape index (κ3) is 2.34. The molecule has 1 aromatic rings. The minimum absolute atomic E-state index is 0.339. The maximum Gasteiger partial charge on any atom is 0.356 e. The van der Waals surface area contributed by atoms with Crippen molar-refractivity contribution in [1.29, 1.82) is 0 Å². The lowest BCUT2D eigenvalue weighted by molar-refractivity contribution is 0.0504. The normalized spacial score (nSPS) is 9.42. The average Bonchev–Trinajstić information content (AvgIpc) is 2.15. The number of aromatic nitrogens is 1. The molecule has 0 atom stereocenters. The van der Waals surface area contributed by atoms with Crippen molar-refractivity contribution < 1.29 is 9.53 Å². The number of rotatable bonds is 3. The summed E-state index contributed by atoms with van der Waals surface area (Å²) in [5.41, 5.74) is 0.339. The predicted molar refractivity (Wildman–Crippen MR) is 44.5 cm³/mol. The van der Waals surface area contributed by atoms with E-state index in [2.05, 4.69) is 11.9 Å². The van der Waals surface area contributed by atoms with Crippen LogP contribution in [0, 0.1) is 6.92 Å². The van der Waals surface area contributed by atoms with Gasteiger partial charge in [-0.1, -0.05) is 6.07 Å². The molecule has 3 nitrogen and oxygen atoms in total. The Balaban J connectivity index is 2.54. The molecule has 0 spiro atoms. The van der Waals surface area contributed by atoms with Crippen molar-refractivity contribution in [3.8, 4) is 0 Å². The molecular weight excluding hydrogens is 154 g/mol. The van der Waals surface area contributed by atoms with Gasteiger partial charge in [-0.15, -0.1) is 0 Å². The number of pyridine rings is 1. The molecule has 0 saturated heterocycles. The Kier molecular flexibility index (Phi) is 3.26. The summed E-state index contributed by atoms with van der Waals surface area (Å²) in [6.45, 7) is 3.90. The molecule has 1 radical (unpaired) electrons. The van der Waals surface area contributed by atoms with Gasteiger partial charge in [-0.3, -0.25) is 0 Å². The second-order valence-electron chi connectivity index (χ2n) is 2.20. The molecule has 0 saturated carbocycles. The van der Waals surface area contributed by atoms with Gasteiger partial charge in [-0.2, -0.15) is 0 Å². The number of hydrogen-bond acceptors (Lipinski definition) is 3. The Bertz CT molecular complexity index is 246. The van der Waals surface area contributed by atoms with Crippen molar-refractivity contribution in [2.24, 2.45) is 0 Å². The van der Waals surface area contributed by atoms with Crippen LogP contribution in [-0.4, -0.2) is 17.6 Å². The van der Waals surface area contributed by atoms with Crippen LogP contribution in [0.3, 0.4) is 0 Å². The van der Waals surface area contributed by atoms with Gasteiger partial charge in [0, 0.05) is 6.20 Å². The molecule has 0 amide bonds. The van der Waals surface area contributed by atoms with Gasteiger partial charge < -0.3 is 4.74 Å². The lowest BCUT2D eigenvalue weighted by Crippen LogP contribution is -2.07. The summed E-state index contributed by atoms with van der Waals surface area (Å²) < 4.78 is 4.81. The van der Waals surface area contributed by atoms with Crippen molar-refractivity contribution in [2.45, 2.75) is 6.42 Å². The molecule has 0 bridgehead atoms. The number of carbonyl (C=O) groups excluding carboxylic acids is 1. The monoisotopic (exact) mass is 164 g/mol. The van der Waals surface area contributed by atoms with Crippen LogP contribution in [0.4, 0.5) is 0 Å². The van der Waals surface area contributed by atoms with E-state index in [0.29, 0.717) is 18.7 Å². The molecule has 0 unspecified atom stereocenters. The molecule has 63 valence electrons. The van der Waals surface area contributed by atoms with Gasteiger partial charge in [0.1, 0.15) is 5.69 Å². The fourth-order valence-electron chi connectivity index (χ4n) is 0.722. The summed E-state index contributed by atoms with van der Waals surface area (Å²) >= 11 is 0. The fourth-order valence-corrected chi connectivity index (χ4v) is 0.722. The van der Waals surface area contributed by atoms with E-state index in [4.69, 9.17) is 4.74 Å². The first-order valence-corrected chi connectivity index (χ1v) is 3.72. The second kappa shape index (κ2) is 4.49. The minimum Gasteiger partial charge on any atom is -0.461 e. The van der Waals surface area contributed by atoms with Crippen LogP contribution in [0.25, 0.3) is 0 Å². The Labute approximate surface area is 71.4 Å². The number of carbonyl (C=O) groups is 1. The highest BCUT2D eigenvalue weighted by molar-refractivity contribution is 5.87. The Hall–Kier alpha value is -1.38. The highest BCUT2D eigenvalue weighted by Crippen LogP contribution is 1.96. The van der Waals surface area contributed by atoms with Crippen LogP contribution in [0.15, 0.2) is 24.4 Å². The molecule has 0 aromatic carbocycles. The molecule has 0 fully saturated rings. The molecule has 12 heavy (non-hydrogen) atoms. The van der Waals surface area contributed by atoms with Crippen LogP contribution < -0.4 is 0 Å². The Morgan fingerprint density at radius 1 is 1.58 bits per heavy atom. The lowest BCUT2D eigenvalue weighted by atomic mass is 10.3. The topological polar surface area (TPSA) is 39.2 Å². The van der Waals surface area contributed by atoms with Crippen molar-refractivity contribution in [3.63, 3.8) is 0 Å². The van der Waals surface area contributed by atoms with Crippen LogP contribution in [-0.2, 0) is 4.74 Å². The van der Waals surface area contributed by atoms with E-state index in [-0.39, 0.29) is 5.97 Å². The molecule has 1 heterocycles. The molecule has 0 N–H and O–H groups in total. The van der Waals surface area contributed by atoms with Crippen molar-refractivity contribution in [2.75, 3.05) is 6.61 Å². The van der Waals surface area contributed by atoms with Gasteiger partial charge in [0.2, 0.25) is 0 Å². The van der Waals surface area contributed by atoms with Crippen molar-refractivity contribution in [1.82, 2.24) is 4.98 Å². The number of nitrogens with zero attached hydrogens (tertiary/aromatic N) is 1. The molecule has 0 aliphatic carbocycles. The molecule has 0 aliphatic rings. The quantitative estimate of drug-likeness (QED) is 0.635. The third-order valence-electron chi connectivity index (χ3n) is 1.25. The first kappa shape index (κ1) is 8.71. The van der Waals surface area contributed by atoms with Crippen LogP contribution in [0.1, 0.15) is 16.9 Å². The number of hydrogen-bond donors (Lipinski definition) is 0. The molecule has 1 rings (SSSR count). The van der Waals surface area contributed by atoms with Gasteiger partial charge in [0.05, 0.1) is 6.61 Å². The van der Waals surface area contributed by atoms with Crippen molar-refractivity contribution in [3.05, 3.63) is 37.0 Å². The van der Waals surface area contributed by atoms with Gasteiger partial charge >= 0.3 is 5.97 Å². The zero-order chi connectivity index (χ0) is 8.81. The van der Waals surface area contributed by atoms with Crippen LogP contribution in [0.2, 0.25) is 0 Å². The van der Waals surface area contributed by atoms with E-state index in [0.717, 1.165) is 0 Å². The van der Waals surface area contributed by atoms with E-state index in [1.54, 1.807) is 24.4 Å². The summed E-state index contributed by atoms with van der Waals surface area (Å²) in [5, 5.41) is 0. The highest BCUT2D eigenvalue weighted by Gasteiger charge is 2.05. The van der Waals surface area contributed by atoms with Gasteiger partial charge in [-0.25, -0.2) is 9.78 Å². The van der Waals surface area contributed by atoms with E-state index < -0.39 is 0 Å². The smallest absolute Gasteiger partial charge is 0.356 e. The van der Waals surface area contributed by atoms with Gasteiger partial charge in [-0.05, 0) is 25.5 Å². The highest BCUT2D eigenvalue weighted by atomic mass is 16.5. The maximum absolute atomic E-state index is 11.1. The zero-order valence-electron chi connectivity index (χ0n) is 6.69. The first-order chi connectivity index (χ1) is 5.84. The predicted octanol–water partition coefficient (Wildman–Crippen LogP) is 1.46. The van der Waals surface area contributed by atoms with E-state index in [1.165, 1.54) is 0 Å². The molecule has 1 aromatic heterocycles. The summed E-state index contributed by atoms with van der Waals surface area (Å²) in [6, 6.07) is 5.11. The van der Waals surface area contributed by atoms with E-state index >= 15 is 0 Å². The number of esters is 1. The van der Waals surface area contributed by atoms with E-state index in [9.17, 15) is 4.79 Å². The largest absolute Gasteiger partial charge is 0.461 e. The van der Waals surface area contributed by atoms with Crippen LogP contribution >= 0.6 is 0 Å². The second-order valence-corrected chi connectivity index (χ2v) is 2.20. The summed E-state index contributed by atoms with van der Waals surface area (Å²) in [6.07, 6.45) is 2.14. The summed E-state index contributed by atoms with van der Waals surface area (Å²) in [4.78, 5) is 14.9. The van der Waals surface area contributed by atoms with Gasteiger partial charge in [0.15, 0.2) is 0 Å². The Morgan fingerprint density at radius 2 is 2.42 bits per heavy atom. The summed E-state index contributed by atoms with van der Waals surface area (Å²) in [7, 11) is 0. The van der Waals surface area contributed by atoms with Crippen molar-refractivity contribution >= 4 is 5.97 Å². The fraction of sp³-hybridized carbons (Fsp3) is 0.222. The molecular formula is C9H10NO2. The first-order valence-electron chi connectivity index (χ1n) is 3.72. The summed E-state index contributed by atoms with van der Waals surface area (Å²) in [5.74, 6) is -0.390. The standard InChI is InChI=1S/C9H10NO2/c1-2-7-12-9(11)8-5-3-4-6-10-8/h3-6H,1-2,7H2. The van der Waals surface area contributed by atoms with Gasteiger partial charge in [0.25, 0.3) is 0 Å². The third-order valence-corrected chi connectivity index (χ3v) is 1.25. The maximum atomic E-state index is 11.1. The van der Waals surface area contributed by atoms with Crippen LogP contribution in [0.5, 0.6) is 0 Å². The minimum atomic E-state index is -0.390. The lowest BCUT2D eigenvalue weighted by Gasteiger charge is -2.00. The number of ether oxygens (including phenoxy) is 1.